The Balaban J connectivity index is 1.25. The zero-order chi connectivity index (χ0) is 27.0. The highest BCUT2D eigenvalue weighted by atomic mass is 16.5. The van der Waals surface area contributed by atoms with Crippen LogP contribution in [0.5, 0.6) is 23.0 Å². The largest absolute Gasteiger partial charge is 0.508 e. The van der Waals surface area contributed by atoms with E-state index in [1.807, 2.05) is 0 Å². The molecule has 11 nitrogen and oxygen atoms in total. The number of hydrogen-bond donors (Lipinski definition) is 4. The fourth-order valence-corrected chi connectivity index (χ4v) is 3.13. The van der Waals surface area contributed by atoms with Crippen LogP contribution in [-0.4, -0.2) is 79.7 Å². The van der Waals surface area contributed by atoms with E-state index in [-0.39, 0.29) is 49.2 Å². The highest BCUT2D eigenvalue weighted by Gasteiger charge is 2.12. The summed E-state index contributed by atoms with van der Waals surface area (Å²) in [6.07, 6.45) is 0. The van der Waals surface area contributed by atoms with Crippen molar-refractivity contribution < 1.29 is 38.7 Å². The first-order chi connectivity index (χ1) is 18.5. The van der Waals surface area contributed by atoms with E-state index in [0.717, 1.165) is 0 Å². The van der Waals surface area contributed by atoms with E-state index >= 15 is 0 Å². The van der Waals surface area contributed by atoms with E-state index in [2.05, 4.69) is 15.6 Å². The minimum absolute atomic E-state index is 0.116. The summed E-state index contributed by atoms with van der Waals surface area (Å²) in [6, 6.07) is 17.6. The number of benzene rings is 2. The molecule has 0 fully saturated rings. The third kappa shape index (κ3) is 10.3. The number of phenols is 2. The third-order valence-electron chi connectivity index (χ3n) is 4.91. The molecule has 202 valence electrons. The topological polar surface area (TPSA) is 148 Å². The van der Waals surface area contributed by atoms with Gasteiger partial charge in [-0.25, -0.2) is 4.98 Å². The van der Waals surface area contributed by atoms with Gasteiger partial charge in [0.2, 0.25) is 0 Å². The molecule has 3 aromatic rings. The Kier molecular flexibility index (Phi) is 11.7. The summed E-state index contributed by atoms with van der Waals surface area (Å²) < 4.78 is 21.7. The predicted octanol–water partition coefficient (Wildman–Crippen LogP) is 2.14. The molecule has 3 rings (SSSR count). The molecule has 0 spiro atoms. The van der Waals surface area contributed by atoms with Gasteiger partial charge in [-0.1, -0.05) is 18.2 Å². The van der Waals surface area contributed by atoms with Crippen molar-refractivity contribution in [3.05, 3.63) is 78.1 Å². The van der Waals surface area contributed by atoms with Crippen LogP contribution in [-0.2, 0) is 9.47 Å². The van der Waals surface area contributed by atoms with Gasteiger partial charge in [0, 0.05) is 25.2 Å². The van der Waals surface area contributed by atoms with Gasteiger partial charge in [0.05, 0.1) is 26.4 Å². The van der Waals surface area contributed by atoms with E-state index in [1.54, 1.807) is 42.5 Å². The zero-order valence-electron chi connectivity index (χ0n) is 20.8. The number of nitrogens with zero attached hydrogens (tertiary/aromatic N) is 1. The summed E-state index contributed by atoms with van der Waals surface area (Å²) in [4.78, 5) is 28.8. The van der Waals surface area contributed by atoms with Crippen LogP contribution >= 0.6 is 0 Å². The summed E-state index contributed by atoms with van der Waals surface area (Å²) in [5.41, 5.74) is 0.232. The lowest BCUT2D eigenvalue weighted by molar-refractivity contribution is 0.0858. The Labute approximate surface area is 220 Å². The van der Waals surface area contributed by atoms with Crippen molar-refractivity contribution in [2.75, 3.05) is 52.7 Å². The van der Waals surface area contributed by atoms with Crippen molar-refractivity contribution in [3.63, 3.8) is 0 Å². The molecular formula is C27H31N3O8. The van der Waals surface area contributed by atoms with Gasteiger partial charge >= 0.3 is 0 Å². The summed E-state index contributed by atoms with van der Waals surface area (Å²) in [7, 11) is 0. The van der Waals surface area contributed by atoms with Crippen molar-refractivity contribution in [1.82, 2.24) is 15.6 Å². The number of phenolic OH excluding ortho intramolecular Hbond substituents is 2. The molecule has 0 aliphatic heterocycles. The molecule has 4 N–H and O–H groups in total. The van der Waals surface area contributed by atoms with Gasteiger partial charge in [-0.3, -0.25) is 9.59 Å². The summed E-state index contributed by atoms with van der Waals surface area (Å²) >= 11 is 0. The molecule has 1 aromatic heterocycles. The number of amides is 2. The zero-order valence-corrected chi connectivity index (χ0v) is 20.8. The molecule has 0 aliphatic rings. The minimum atomic E-state index is -0.422. The Hall–Kier alpha value is -4.35. The second kappa shape index (κ2) is 15.7. The number of aromatic nitrogens is 1. The molecule has 0 bridgehead atoms. The average molecular weight is 526 g/mol. The predicted molar refractivity (Wildman–Crippen MR) is 138 cm³/mol. The lowest BCUT2D eigenvalue weighted by Gasteiger charge is -2.09. The van der Waals surface area contributed by atoms with Crippen LogP contribution in [0, 0.1) is 0 Å². The van der Waals surface area contributed by atoms with Crippen molar-refractivity contribution >= 4 is 11.8 Å². The first kappa shape index (κ1) is 28.2. The van der Waals surface area contributed by atoms with Crippen LogP contribution < -0.4 is 20.1 Å². The number of carbonyl (C=O) groups excluding carboxylic acids is 2. The summed E-state index contributed by atoms with van der Waals surface area (Å²) in [6.45, 7) is 2.29. The molecular weight excluding hydrogens is 494 g/mol. The van der Waals surface area contributed by atoms with E-state index in [4.69, 9.17) is 18.9 Å². The maximum atomic E-state index is 12.4. The molecule has 0 saturated heterocycles. The highest BCUT2D eigenvalue weighted by molar-refractivity contribution is 5.96. The van der Waals surface area contributed by atoms with Crippen molar-refractivity contribution in [2.45, 2.75) is 0 Å². The van der Waals surface area contributed by atoms with Gasteiger partial charge in [0.1, 0.15) is 47.6 Å². The van der Waals surface area contributed by atoms with Gasteiger partial charge in [0.25, 0.3) is 11.8 Å². The maximum absolute atomic E-state index is 12.4. The average Bonchev–Trinajstić information content (AvgIpc) is 2.92. The standard InChI is InChI=1S/C27H31N3O8/c31-20-4-1-6-22(18-20)37-16-14-35-12-10-28-26(33)24-8-3-9-25(30-24)27(34)29-11-13-36-15-17-38-23-7-2-5-21(32)19-23/h1-9,18-19,31-32H,10-17H2,(H,28,33)(H,29,34). The fraction of sp³-hybridized carbons (Fsp3) is 0.296. The van der Waals surface area contributed by atoms with Gasteiger partial charge in [-0.2, -0.15) is 0 Å². The second-order valence-electron chi connectivity index (χ2n) is 7.84. The Morgan fingerprint density at radius 3 is 1.53 bits per heavy atom. The highest BCUT2D eigenvalue weighted by Crippen LogP contribution is 2.18. The van der Waals surface area contributed by atoms with Crippen LogP contribution in [0.15, 0.2) is 66.7 Å². The molecule has 0 aliphatic carbocycles. The number of pyridine rings is 1. The molecule has 0 unspecified atom stereocenters. The molecule has 0 radical (unpaired) electrons. The van der Waals surface area contributed by atoms with Crippen molar-refractivity contribution in [1.29, 1.82) is 0 Å². The molecule has 11 heteroatoms. The minimum Gasteiger partial charge on any atom is -0.508 e. The smallest absolute Gasteiger partial charge is 0.269 e. The molecule has 38 heavy (non-hydrogen) atoms. The van der Waals surface area contributed by atoms with Crippen molar-refractivity contribution in [3.8, 4) is 23.0 Å². The Bertz CT molecular complexity index is 1090. The first-order valence-corrected chi connectivity index (χ1v) is 12.0. The van der Waals surface area contributed by atoms with Gasteiger partial charge in [-0.15, -0.1) is 0 Å². The normalized spacial score (nSPS) is 10.5. The maximum Gasteiger partial charge on any atom is 0.269 e. The number of carbonyl (C=O) groups is 2. The van der Waals surface area contributed by atoms with E-state index < -0.39 is 11.8 Å². The SMILES string of the molecule is O=C(NCCOCCOc1cccc(O)c1)c1cccc(C(=O)NCCOCCOc2cccc(O)c2)n1. The van der Waals surface area contributed by atoms with Crippen LogP contribution in [0.1, 0.15) is 21.0 Å². The molecule has 0 saturated carbocycles. The Morgan fingerprint density at radius 2 is 1.08 bits per heavy atom. The van der Waals surface area contributed by atoms with E-state index in [0.29, 0.717) is 37.9 Å². The Morgan fingerprint density at radius 1 is 0.632 bits per heavy atom. The second-order valence-corrected chi connectivity index (χ2v) is 7.84. The monoisotopic (exact) mass is 525 g/mol. The van der Waals surface area contributed by atoms with Gasteiger partial charge < -0.3 is 39.8 Å². The van der Waals surface area contributed by atoms with Gasteiger partial charge in [-0.05, 0) is 36.4 Å². The quantitative estimate of drug-likeness (QED) is 0.206. The molecule has 2 amide bonds. The fourth-order valence-electron chi connectivity index (χ4n) is 3.13. The number of ether oxygens (including phenoxy) is 4. The summed E-state index contributed by atoms with van der Waals surface area (Å²) in [5, 5.41) is 24.2. The lowest BCUT2D eigenvalue weighted by atomic mass is 10.2. The van der Waals surface area contributed by atoms with Crippen LogP contribution in [0.4, 0.5) is 0 Å². The van der Waals surface area contributed by atoms with Crippen LogP contribution in [0.25, 0.3) is 0 Å². The summed E-state index contributed by atoms with van der Waals surface area (Å²) in [5.74, 6) is 0.490. The number of nitrogens with one attached hydrogen (secondary N) is 2. The van der Waals surface area contributed by atoms with Crippen LogP contribution in [0.2, 0.25) is 0 Å². The number of hydrogen-bond acceptors (Lipinski definition) is 9. The first-order valence-electron chi connectivity index (χ1n) is 12.0. The van der Waals surface area contributed by atoms with E-state index in [9.17, 15) is 19.8 Å². The molecule has 1 heterocycles. The number of aromatic hydroxyl groups is 2. The van der Waals surface area contributed by atoms with E-state index in [1.165, 1.54) is 24.3 Å². The number of rotatable bonds is 16. The third-order valence-corrected chi connectivity index (χ3v) is 4.91. The molecule has 2 aromatic carbocycles. The van der Waals surface area contributed by atoms with Crippen molar-refractivity contribution in [2.24, 2.45) is 0 Å². The molecule has 0 atom stereocenters. The lowest BCUT2D eigenvalue weighted by Crippen LogP contribution is -2.31. The van der Waals surface area contributed by atoms with Crippen LogP contribution in [0.3, 0.4) is 0 Å². The van der Waals surface area contributed by atoms with Gasteiger partial charge in [0.15, 0.2) is 0 Å².